The first kappa shape index (κ1) is 11.9. The van der Waals surface area contributed by atoms with Gasteiger partial charge in [-0.05, 0) is 12.1 Å². The largest absolute Gasteiger partial charge is 0.480 e. The van der Waals surface area contributed by atoms with Crippen LogP contribution in [0.5, 0.6) is 0 Å². The molecule has 0 aliphatic carbocycles. The van der Waals surface area contributed by atoms with E-state index in [9.17, 15) is 4.79 Å². The number of aromatic nitrogens is 3. The standard InChI is InChI=1S/C11H13N5O2/c1-16(9-3-2-4-12-9)10-5-8(14-7-15-10)13-6-11(17)18/h2-5,7,12H,6H2,1H3,(H,17,18)(H,13,14,15). The zero-order valence-corrected chi connectivity index (χ0v) is 9.79. The molecule has 7 nitrogen and oxygen atoms in total. The van der Waals surface area contributed by atoms with Crippen molar-refractivity contribution in [1.82, 2.24) is 15.0 Å². The van der Waals surface area contributed by atoms with Gasteiger partial charge in [0.25, 0.3) is 0 Å². The first-order valence-corrected chi connectivity index (χ1v) is 5.31. The smallest absolute Gasteiger partial charge is 0.322 e. The molecule has 2 rings (SSSR count). The first-order chi connectivity index (χ1) is 8.66. The Hall–Kier alpha value is -2.57. The highest BCUT2D eigenvalue weighted by molar-refractivity contribution is 5.72. The number of carboxylic acid groups (broad SMARTS) is 1. The molecule has 18 heavy (non-hydrogen) atoms. The molecule has 2 heterocycles. The van der Waals surface area contributed by atoms with Gasteiger partial charge in [0, 0.05) is 19.3 Å². The van der Waals surface area contributed by atoms with Crippen molar-refractivity contribution in [2.45, 2.75) is 0 Å². The molecular weight excluding hydrogens is 234 g/mol. The predicted octanol–water partition coefficient (Wildman–Crippen LogP) is 1.07. The number of rotatable bonds is 5. The first-order valence-electron chi connectivity index (χ1n) is 5.31. The molecule has 0 atom stereocenters. The molecule has 0 aliphatic rings. The van der Waals surface area contributed by atoms with Crippen LogP contribution in [0.1, 0.15) is 0 Å². The van der Waals surface area contributed by atoms with Crippen molar-refractivity contribution in [1.29, 1.82) is 0 Å². The minimum absolute atomic E-state index is 0.178. The summed E-state index contributed by atoms with van der Waals surface area (Å²) in [6, 6.07) is 5.48. The molecule has 0 aromatic carbocycles. The zero-order valence-electron chi connectivity index (χ0n) is 9.79. The molecule has 0 spiro atoms. The molecule has 7 heteroatoms. The summed E-state index contributed by atoms with van der Waals surface area (Å²) in [5, 5.41) is 11.3. The summed E-state index contributed by atoms with van der Waals surface area (Å²) >= 11 is 0. The Morgan fingerprint density at radius 3 is 3.06 bits per heavy atom. The average Bonchev–Trinajstić information content (AvgIpc) is 2.89. The van der Waals surface area contributed by atoms with E-state index >= 15 is 0 Å². The SMILES string of the molecule is CN(c1cc(NCC(=O)O)ncn1)c1ccc[nH]1. The highest BCUT2D eigenvalue weighted by Crippen LogP contribution is 2.20. The molecule has 0 fully saturated rings. The number of carboxylic acids is 1. The summed E-state index contributed by atoms with van der Waals surface area (Å²) in [6.45, 7) is -0.178. The molecule has 0 bridgehead atoms. The van der Waals surface area contributed by atoms with Crippen LogP contribution in [-0.2, 0) is 4.79 Å². The summed E-state index contributed by atoms with van der Waals surface area (Å²) in [5.74, 6) is 1.09. The summed E-state index contributed by atoms with van der Waals surface area (Å²) < 4.78 is 0. The Balaban J connectivity index is 2.14. The lowest BCUT2D eigenvalue weighted by atomic mass is 10.4. The highest BCUT2D eigenvalue weighted by Gasteiger charge is 2.07. The molecule has 3 N–H and O–H groups in total. The Morgan fingerprint density at radius 2 is 2.39 bits per heavy atom. The van der Waals surface area contributed by atoms with Crippen molar-refractivity contribution in [3.8, 4) is 0 Å². The van der Waals surface area contributed by atoms with E-state index < -0.39 is 5.97 Å². The summed E-state index contributed by atoms with van der Waals surface area (Å²) in [6.07, 6.45) is 3.20. The van der Waals surface area contributed by atoms with Gasteiger partial charge in [-0.25, -0.2) is 9.97 Å². The number of hydrogen-bond acceptors (Lipinski definition) is 5. The average molecular weight is 247 g/mol. The van der Waals surface area contributed by atoms with Gasteiger partial charge < -0.3 is 20.3 Å². The molecule has 2 aromatic heterocycles. The number of anilines is 3. The molecule has 0 radical (unpaired) electrons. The lowest BCUT2D eigenvalue weighted by molar-refractivity contribution is -0.134. The third-order valence-electron chi connectivity index (χ3n) is 2.36. The quantitative estimate of drug-likeness (QED) is 0.731. The van der Waals surface area contributed by atoms with E-state index in [1.165, 1.54) is 6.33 Å². The van der Waals surface area contributed by atoms with Gasteiger partial charge in [-0.3, -0.25) is 4.79 Å². The van der Waals surface area contributed by atoms with Crippen molar-refractivity contribution < 1.29 is 9.90 Å². The predicted molar refractivity (Wildman–Crippen MR) is 67.0 cm³/mol. The molecule has 0 saturated carbocycles. The Bertz CT molecular complexity index is 526. The molecular formula is C11H13N5O2. The van der Waals surface area contributed by atoms with Crippen LogP contribution in [0.25, 0.3) is 0 Å². The molecule has 0 unspecified atom stereocenters. The van der Waals surface area contributed by atoms with E-state index in [0.717, 1.165) is 5.82 Å². The van der Waals surface area contributed by atoms with Gasteiger partial charge in [0.2, 0.25) is 0 Å². The van der Waals surface area contributed by atoms with Crippen LogP contribution in [-0.4, -0.2) is 39.6 Å². The maximum atomic E-state index is 10.5. The van der Waals surface area contributed by atoms with Crippen LogP contribution in [0.3, 0.4) is 0 Å². The van der Waals surface area contributed by atoms with Gasteiger partial charge in [0.15, 0.2) is 0 Å². The van der Waals surface area contributed by atoms with Crippen LogP contribution in [0.2, 0.25) is 0 Å². The van der Waals surface area contributed by atoms with Gasteiger partial charge >= 0.3 is 5.97 Å². The minimum atomic E-state index is -0.937. The fourth-order valence-corrected chi connectivity index (χ4v) is 1.45. The number of aromatic amines is 1. The fourth-order valence-electron chi connectivity index (χ4n) is 1.45. The topological polar surface area (TPSA) is 94.1 Å². The zero-order chi connectivity index (χ0) is 13.0. The third kappa shape index (κ3) is 2.76. The van der Waals surface area contributed by atoms with Crippen molar-refractivity contribution in [2.75, 3.05) is 23.8 Å². The van der Waals surface area contributed by atoms with Crippen LogP contribution < -0.4 is 10.2 Å². The maximum Gasteiger partial charge on any atom is 0.322 e. The second-order valence-corrected chi connectivity index (χ2v) is 3.62. The van der Waals surface area contributed by atoms with E-state index in [0.29, 0.717) is 11.6 Å². The second-order valence-electron chi connectivity index (χ2n) is 3.62. The number of hydrogen-bond donors (Lipinski definition) is 3. The van der Waals surface area contributed by atoms with Crippen LogP contribution >= 0.6 is 0 Å². The third-order valence-corrected chi connectivity index (χ3v) is 2.36. The lowest BCUT2D eigenvalue weighted by Gasteiger charge is -2.16. The summed E-state index contributed by atoms with van der Waals surface area (Å²) in [5.41, 5.74) is 0. The second kappa shape index (κ2) is 5.17. The van der Waals surface area contributed by atoms with E-state index in [2.05, 4.69) is 20.3 Å². The van der Waals surface area contributed by atoms with Gasteiger partial charge in [-0.2, -0.15) is 0 Å². The number of nitrogens with zero attached hydrogens (tertiary/aromatic N) is 3. The molecule has 94 valence electrons. The Kier molecular flexibility index (Phi) is 3.42. The number of carbonyl (C=O) groups is 1. The molecule has 0 saturated heterocycles. The summed E-state index contributed by atoms with van der Waals surface area (Å²) in [4.78, 5) is 23.4. The molecule has 2 aromatic rings. The van der Waals surface area contributed by atoms with E-state index in [1.807, 2.05) is 30.3 Å². The highest BCUT2D eigenvalue weighted by atomic mass is 16.4. The van der Waals surface area contributed by atoms with Crippen LogP contribution in [0.4, 0.5) is 17.5 Å². The monoisotopic (exact) mass is 247 g/mol. The van der Waals surface area contributed by atoms with Crippen molar-refractivity contribution >= 4 is 23.4 Å². The fraction of sp³-hybridized carbons (Fsp3) is 0.182. The summed E-state index contributed by atoms with van der Waals surface area (Å²) in [7, 11) is 1.86. The van der Waals surface area contributed by atoms with Crippen molar-refractivity contribution in [3.05, 3.63) is 30.7 Å². The number of H-pyrrole nitrogens is 1. The van der Waals surface area contributed by atoms with Crippen molar-refractivity contribution in [2.24, 2.45) is 0 Å². The normalized spacial score (nSPS) is 10.1. The van der Waals surface area contributed by atoms with Gasteiger partial charge in [0.05, 0.1) is 0 Å². The van der Waals surface area contributed by atoms with Gasteiger partial charge in [0.1, 0.15) is 30.3 Å². The van der Waals surface area contributed by atoms with E-state index in [4.69, 9.17) is 5.11 Å². The van der Waals surface area contributed by atoms with Gasteiger partial charge in [-0.1, -0.05) is 0 Å². The Labute approximate surface area is 103 Å². The lowest BCUT2D eigenvalue weighted by Crippen LogP contribution is -2.15. The maximum absolute atomic E-state index is 10.5. The van der Waals surface area contributed by atoms with Crippen LogP contribution in [0.15, 0.2) is 30.7 Å². The van der Waals surface area contributed by atoms with E-state index in [-0.39, 0.29) is 6.54 Å². The van der Waals surface area contributed by atoms with E-state index in [1.54, 1.807) is 6.07 Å². The number of nitrogens with one attached hydrogen (secondary N) is 2. The van der Waals surface area contributed by atoms with Gasteiger partial charge in [-0.15, -0.1) is 0 Å². The molecule has 0 amide bonds. The molecule has 0 aliphatic heterocycles. The Morgan fingerprint density at radius 1 is 1.56 bits per heavy atom. The van der Waals surface area contributed by atoms with Crippen LogP contribution in [0, 0.1) is 0 Å². The minimum Gasteiger partial charge on any atom is -0.480 e. The number of aliphatic carboxylic acids is 1. The van der Waals surface area contributed by atoms with Crippen molar-refractivity contribution in [3.63, 3.8) is 0 Å².